The fraction of sp³-hybridized carbons (Fsp3) is 0.472. The minimum Gasteiger partial charge on any atom is -0.494 e. The van der Waals surface area contributed by atoms with Crippen LogP contribution in [0.3, 0.4) is 0 Å². The van der Waals surface area contributed by atoms with Gasteiger partial charge in [0.25, 0.3) is 5.91 Å². The number of carbonyl (C=O) groups is 3. The maximum absolute atomic E-state index is 15.0. The van der Waals surface area contributed by atoms with Gasteiger partial charge in [-0.15, -0.1) is 24.9 Å². The Labute approximate surface area is 295 Å². The normalized spacial score (nSPS) is 25.9. The molecule has 3 amide bonds. The molecule has 3 aliphatic heterocycles. The maximum atomic E-state index is 15.0. The lowest BCUT2D eigenvalue weighted by molar-refractivity contribution is -0.139. The zero-order valence-corrected chi connectivity index (χ0v) is 30.1. The Balaban J connectivity index is 1.57. The SMILES string of the molecule is C=CCN(C(=O)[C@H]1[C@@H]2SC3(CC2Br)C(C(=O)N(CC=C)c2c(C)cccc2Cl)N(CCCCCO)C(=O)[C@H]13)c1ccc(OCC)cc1. The summed E-state index contributed by atoms with van der Waals surface area (Å²) in [5.41, 5.74) is 2.13. The van der Waals surface area contributed by atoms with Crippen LogP contribution < -0.4 is 14.5 Å². The van der Waals surface area contributed by atoms with Gasteiger partial charge in [-0.25, -0.2) is 0 Å². The molecule has 0 saturated carbocycles. The number of hydrogen-bond donors (Lipinski definition) is 1. The lowest BCUT2D eigenvalue weighted by Crippen LogP contribution is -2.56. The summed E-state index contributed by atoms with van der Waals surface area (Å²) >= 11 is 12.2. The molecule has 3 aliphatic rings. The van der Waals surface area contributed by atoms with Crippen LogP contribution in [0, 0.1) is 18.8 Å². The number of aryl methyl sites for hydroxylation is 1. The summed E-state index contributed by atoms with van der Waals surface area (Å²) in [6, 6.07) is 12.1. The Bertz CT molecular complexity index is 1490. The van der Waals surface area contributed by atoms with Crippen molar-refractivity contribution in [3.8, 4) is 5.75 Å². The van der Waals surface area contributed by atoms with E-state index in [0.717, 1.165) is 5.56 Å². The molecule has 3 fully saturated rings. The first-order chi connectivity index (χ1) is 22.6. The van der Waals surface area contributed by atoms with Crippen LogP contribution in [0.1, 0.15) is 38.2 Å². The molecule has 2 bridgehead atoms. The number of unbranched alkanes of at least 4 members (excludes halogenated alkanes) is 2. The maximum Gasteiger partial charge on any atom is 0.251 e. The van der Waals surface area contributed by atoms with Gasteiger partial charge < -0.3 is 24.5 Å². The number of alkyl halides is 1. The van der Waals surface area contributed by atoms with Gasteiger partial charge >= 0.3 is 0 Å². The van der Waals surface area contributed by atoms with E-state index in [2.05, 4.69) is 29.1 Å². The van der Waals surface area contributed by atoms with Gasteiger partial charge in [0.1, 0.15) is 11.8 Å². The molecule has 3 heterocycles. The number of hydrogen-bond acceptors (Lipinski definition) is 6. The number of carbonyl (C=O) groups excluding carboxylic acids is 3. The molecule has 47 heavy (non-hydrogen) atoms. The average Bonchev–Trinajstić information content (AvgIpc) is 3.64. The predicted molar refractivity (Wildman–Crippen MR) is 194 cm³/mol. The zero-order chi connectivity index (χ0) is 33.9. The summed E-state index contributed by atoms with van der Waals surface area (Å²) in [5, 5.41) is 9.65. The van der Waals surface area contributed by atoms with Crippen LogP contribution in [0.15, 0.2) is 67.8 Å². The Morgan fingerprint density at radius 1 is 1.11 bits per heavy atom. The molecule has 5 rings (SSSR count). The van der Waals surface area contributed by atoms with Crippen LogP contribution in [0.4, 0.5) is 11.4 Å². The number of benzene rings is 2. The number of likely N-dealkylation sites (tertiary alicyclic amines) is 1. The first-order valence-corrected chi connectivity index (χ1v) is 18.4. The topological polar surface area (TPSA) is 90.4 Å². The van der Waals surface area contributed by atoms with E-state index in [0.29, 0.717) is 61.0 Å². The van der Waals surface area contributed by atoms with Crippen LogP contribution in [0.2, 0.25) is 5.02 Å². The highest BCUT2D eigenvalue weighted by molar-refractivity contribution is 9.09. The number of aliphatic hydroxyl groups is 1. The molecule has 0 aromatic heterocycles. The van der Waals surface area contributed by atoms with Gasteiger partial charge in [0, 0.05) is 42.0 Å². The van der Waals surface area contributed by atoms with E-state index in [1.165, 1.54) is 0 Å². The second-order valence-corrected chi connectivity index (χ2v) is 15.4. The van der Waals surface area contributed by atoms with Crippen LogP contribution in [-0.2, 0) is 14.4 Å². The van der Waals surface area contributed by atoms with Gasteiger partial charge in [0.05, 0.1) is 33.9 Å². The third-order valence-electron chi connectivity index (χ3n) is 9.44. The van der Waals surface area contributed by atoms with Gasteiger partial charge in [-0.3, -0.25) is 14.4 Å². The van der Waals surface area contributed by atoms with Crippen LogP contribution in [0.25, 0.3) is 0 Å². The van der Waals surface area contributed by atoms with Crippen LogP contribution in [0.5, 0.6) is 5.75 Å². The fourth-order valence-corrected chi connectivity index (χ4v) is 11.5. The molecule has 252 valence electrons. The summed E-state index contributed by atoms with van der Waals surface area (Å²) in [6.07, 6.45) is 5.87. The van der Waals surface area contributed by atoms with Crippen molar-refractivity contribution in [2.24, 2.45) is 11.8 Å². The minimum absolute atomic E-state index is 0.0613. The zero-order valence-electron chi connectivity index (χ0n) is 26.9. The number of rotatable bonds is 15. The molecule has 2 aromatic carbocycles. The Morgan fingerprint density at radius 3 is 2.45 bits per heavy atom. The predicted octanol–water partition coefficient (Wildman–Crippen LogP) is 6.41. The smallest absolute Gasteiger partial charge is 0.251 e. The first kappa shape index (κ1) is 35.5. The molecular formula is C36H43BrClN3O5S. The number of para-hydroxylation sites is 1. The van der Waals surface area contributed by atoms with Gasteiger partial charge in [0.15, 0.2) is 0 Å². The van der Waals surface area contributed by atoms with Gasteiger partial charge in [0.2, 0.25) is 11.8 Å². The van der Waals surface area contributed by atoms with Gasteiger partial charge in [-0.1, -0.05) is 51.8 Å². The van der Waals surface area contributed by atoms with Crippen molar-refractivity contribution < 1.29 is 24.2 Å². The largest absolute Gasteiger partial charge is 0.494 e. The third-order valence-corrected chi connectivity index (χ3v) is 13.0. The lowest BCUT2D eigenvalue weighted by Gasteiger charge is -2.39. The summed E-state index contributed by atoms with van der Waals surface area (Å²) in [4.78, 5) is 49.3. The molecule has 0 aliphatic carbocycles. The average molecular weight is 745 g/mol. The quantitative estimate of drug-likeness (QED) is 0.129. The number of anilines is 2. The van der Waals surface area contributed by atoms with E-state index in [1.807, 2.05) is 50.2 Å². The standard InChI is InChI=1S/C36H43BrClN3O5S/c1-5-18-39(24-14-16-25(17-15-24)46-7-3)33(43)28-29-34(44)41(20-9-8-10-21-42)32(36(29)22-26(37)31(28)47-36)35(45)40(19-6-2)30-23(4)12-11-13-27(30)38/h5-6,11-17,26,28-29,31-32,42H,1-2,7-10,18-22H2,3-4H3/t26?,28-,29+,31-,32?,36?/m1/s1. The van der Waals surface area contributed by atoms with Crippen LogP contribution in [-0.4, -0.2) is 81.4 Å². The monoisotopic (exact) mass is 743 g/mol. The summed E-state index contributed by atoms with van der Waals surface area (Å²) in [7, 11) is 0. The highest BCUT2D eigenvalue weighted by atomic mass is 79.9. The summed E-state index contributed by atoms with van der Waals surface area (Å²) in [6.45, 7) is 13.1. The van der Waals surface area contributed by atoms with Crippen molar-refractivity contribution in [1.82, 2.24) is 4.90 Å². The molecule has 2 aromatic rings. The second-order valence-electron chi connectivity index (χ2n) is 12.3. The minimum atomic E-state index is -0.822. The highest BCUT2D eigenvalue weighted by Gasteiger charge is 2.76. The molecule has 11 heteroatoms. The number of ether oxygens (including phenoxy) is 1. The van der Waals surface area contributed by atoms with Crippen LogP contribution >= 0.6 is 39.3 Å². The number of thioether (sulfide) groups is 1. The molecule has 3 saturated heterocycles. The van der Waals surface area contributed by atoms with Crippen molar-refractivity contribution in [2.75, 3.05) is 42.6 Å². The van der Waals surface area contributed by atoms with Crippen molar-refractivity contribution in [3.05, 3.63) is 78.4 Å². The van der Waals surface area contributed by atoms with Gasteiger partial charge in [-0.05, 0) is 75.4 Å². The van der Waals surface area contributed by atoms with E-state index < -0.39 is 22.6 Å². The molecule has 3 unspecified atom stereocenters. The molecule has 1 spiro atoms. The molecule has 6 atom stereocenters. The van der Waals surface area contributed by atoms with Crippen molar-refractivity contribution in [1.29, 1.82) is 0 Å². The number of aliphatic hydroxyl groups excluding tert-OH is 1. The molecule has 1 N–H and O–H groups in total. The Hall–Kier alpha value is -2.79. The number of halogens is 2. The van der Waals surface area contributed by atoms with Crippen molar-refractivity contribution in [2.45, 2.75) is 60.4 Å². The Morgan fingerprint density at radius 2 is 1.81 bits per heavy atom. The van der Waals surface area contributed by atoms with E-state index in [1.54, 1.807) is 44.7 Å². The van der Waals surface area contributed by atoms with E-state index in [-0.39, 0.29) is 47.5 Å². The van der Waals surface area contributed by atoms with E-state index in [4.69, 9.17) is 16.3 Å². The number of amides is 3. The Kier molecular flexibility index (Phi) is 11.5. The van der Waals surface area contributed by atoms with Crippen molar-refractivity contribution >= 4 is 68.4 Å². The van der Waals surface area contributed by atoms with Gasteiger partial charge in [-0.2, -0.15) is 0 Å². The number of nitrogens with zero attached hydrogens (tertiary/aromatic N) is 3. The fourth-order valence-electron chi connectivity index (χ4n) is 7.56. The highest BCUT2D eigenvalue weighted by Crippen LogP contribution is 2.68. The van der Waals surface area contributed by atoms with E-state index in [9.17, 15) is 19.5 Å². The summed E-state index contributed by atoms with van der Waals surface area (Å²) < 4.78 is 4.79. The first-order valence-electron chi connectivity index (χ1n) is 16.2. The van der Waals surface area contributed by atoms with Crippen molar-refractivity contribution in [3.63, 3.8) is 0 Å². The second kappa shape index (κ2) is 15.2. The molecule has 0 radical (unpaired) electrons. The van der Waals surface area contributed by atoms with E-state index >= 15 is 0 Å². The summed E-state index contributed by atoms with van der Waals surface area (Å²) in [5.74, 6) is -1.18. The molecular weight excluding hydrogens is 702 g/mol. The molecule has 8 nitrogen and oxygen atoms in total. The third kappa shape index (κ3) is 6.51. The number of fused-ring (bicyclic) bond motifs is 1. The lowest BCUT2D eigenvalue weighted by atomic mass is 9.70.